The monoisotopic (exact) mass is 307 g/mol. The SMILES string of the molecule is O=C(NCC1CCCC1CCl)c1cc2ccccc2s1. The third-order valence-corrected chi connectivity index (χ3v) is 5.70. The Morgan fingerprint density at radius 1 is 1.30 bits per heavy atom. The number of alkyl halides is 1. The number of carbonyl (C=O) groups excluding carboxylic acids is 1. The van der Waals surface area contributed by atoms with Crippen molar-refractivity contribution in [2.45, 2.75) is 19.3 Å². The summed E-state index contributed by atoms with van der Waals surface area (Å²) >= 11 is 7.53. The van der Waals surface area contributed by atoms with Crippen molar-refractivity contribution in [2.75, 3.05) is 12.4 Å². The van der Waals surface area contributed by atoms with Crippen LogP contribution < -0.4 is 5.32 Å². The van der Waals surface area contributed by atoms with Crippen LogP contribution in [0.25, 0.3) is 10.1 Å². The first-order valence-corrected chi connectivity index (χ1v) is 8.46. The molecule has 0 bridgehead atoms. The molecule has 106 valence electrons. The molecule has 2 aromatic rings. The highest BCUT2D eigenvalue weighted by molar-refractivity contribution is 7.20. The van der Waals surface area contributed by atoms with E-state index in [9.17, 15) is 4.79 Å². The van der Waals surface area contributed by atoms with Crippen molar-refractivity contribution in [3.05, 3.63) is 35.2 Å². The number of thiophene rings is 1. The molecule has 1 amide bonds. The van der Waals surface area contributed by atoms with Crippen LogP contribution in [-0.2, 0) is 0 Å². The number of fused-ring (bicyclic) bond motifs is 1. The van der Waals surface area contributed by atoms with Crippen molar-refractivity contribution < 1.29 is 4.79 Å². The zero-order valence-corrected chi connectivity index (χ0v) is 12.8. The van der Waals surface area contributed by atoms with Gasteiger partial charge in [0.25, 0.3) is 5.91 Å². The Morgan fingerprint density at radius 3 is 2.90 bits per heavy atom. The normalized spacial score (nSPS) is 22.2. The summed E-state index contributed by atoms with van der Waals surface area (Å²) < 4.78 is 1.16. The Morgan fingerprint density at radius 2 is 2.10 bits per heavy atom. The lowest BCUT2D eigenvalue weighted by atomic mass is 9.98. The number of carbonyl (C=O) groups is 1. The first-order chi connectivity index (χ1) is 9.78. The van der Waals surface area contributed by atoms with Crippen molar-refractivity contribution >= 4 is 38.9 Å². The number of hydrogen-bond acceptors (Lipinski definition) is 2. The predicted octanol–water partition coefficient (Wildman–Crippen LogP) is 4.29. The molecule has 2 atom stereocenters. The Balaban J connectivity index is 1.64. The summed E-state index contributed by atoms with van der Waals surface area (Å²) in [6.45, 7) is 0.754. The van der Waals surface area contributed by atoms with Crippen LogP contribution in [0.2, 0.25) is 0 Å². The minimum Gasteiger partial charge on any atom is -0.351 e. The smallest absolute Gasteiger partial charge is 0.261 e. The highest BCUT2D eigenvalue weighted by Gasteiger charge is 2.26. The van der Waals surface area contributed by atoms with Crippen LogP contribution >= 0.6 is 22.9 Å². The molecule has 0 saturated heterocycles. The molecule has 4 heteroatoms. The van der Waals surface area contributed by atoms with Gasteiger partial charge in [0.15, 0.2) is 0 Å². The standard InChI is InChI=1S/C16H18ClNOS/c17-9-12-5-3-6-13(12)10-18-16(19)15-8-11-4-1-2-7-14(11)20-15/h1-2,4,7-8,12-13H,3,5-6,9-10H2,(H,18,19). The molecular weight excluding hydrogens is 290 g/mol. The highest BCUT2D eigenvalue weighted by Crippen LogP contribution is 2.32. The van der Waals surface area contributed by atoms with Gasteiger partial charge < -0.3 is 5.32 Å². The van der Waals surface area contributed by atoms with Crippen LogP contribution in [0, 0.1) is 11.8 Å². The molecule has 1 aromatic carbocycles. The summed E-state index contributed by atoms with van der Waals surface area (Å²) in [5.74, 6) is 1.88. The lowest BCUT2D eigenvalue weighted by Gasteiger charge is -2.17. The van der Waals surface area contributed by atoms with Gasteiger partial charge >= 0.3 is 0 Å². The topological polar surface area (TPSA) is 29.1 Å². The summed E-state index contributed by atoms with van der Waals surface area (Å²) in [7, 11) is 0. The van der Waals surface area contributed by atoms with Crippen LogP contribution in [-0.4, -0.2) is 18.3 Å². The summed E-state index contributed by atoms with van der Waals surface area (Å²) in [6.07, 6.45) is 3.62. The Hall–Kier alpha value is -1.06. The fourth-order valence-corrected chi connectivity index (χ4v) is 4.38. The van der Waals surface area contributed by atoms with E-state index in [2.05, 4.69) is 11.4 Å². The van der Waals surface area contributed by atoms with Gasteiger partial charge in [-0.3, -0.25) is 4.79 Å². The molecule has 1 fully saturated rings. The van der Waals surface area contributed by atoms with E-state index in [1.54, 1.807) is 11.3 Å². The van der Waals surface area contributed by atoms with Gasteiger partial charge in [0.2, 0.25) is 0 Å². The Kier molecular flexibility index (Phi) is 4.27. The number of amides is 1. The van der Waals surface area contributed by atoms with E-state index in [0.717, 1.165) is 21.5 Å². The number of nitrogens with one attached hydrogen (secondary N) is 1. The zero-order chi connectivity index (χ0) is 13.9. The van der Waals surface area contributed by atoms with Gasteiger partial charge in [-0.05, 0) is 42.2 Å². The molecule has 1 aliphatic carbocycles. The van der Waals surface area contributed by atoms with E-state index >= 15 is 0 Å². The van der Waals surface area contributed by atoms with Crippen molar-refractivity contribution in [1.82, 2.24) is 5.32 Å². The summed E-state index contributed by atoms with van der Waals surface area (Å²) in [6, 6.07) is 10.1. The van der Waals surface area contributed by atoms with Gasteiger partial charge in [-0.15, -0.1) is 22.9 Å². The quantitative estimate of drug-likeness (QED) is 0.839. The molecule has 2 nitrogen and oxygen atoms in total. The van der Waals surface area contributed by atoms with E-state index in [4.69, 9.17) is 11.6 Å². The van der Waals surface area contributed by atoms with Crippen molar-refractivity contribution in [2.24, 2.45) is 11.8 Å². The summed E-state index contributed by atoms with van der Waals surface area (Å²) in [5.41, 5.74) is 0. The first-order valence-electron chi connectivity index (χ1n) is 7.10. The number of hydrogen-bond donors (Lipinski definition) is 1. The average molecular weight is 308 g/mol. The van der Waals surface area contributed by atoms with Crippen molar-refractivity contribution in [3.63, 3.8) is 0 Å². The average Bonchev–Trinajstić information content (AvgIpc) is 3.10. The van der Waals surface area contributed by atoms with E-state index in [1.807, 2.05) is 24.3 Å². The number of benzene rings is 1. The second-order valence-corrected chi connectivity index (χ2v) is 6.86. The third-order valence-electron chi connectivity index (χ3n) is 4.19. The third kappa shape index (κ3) is 2.84. The minimum absolute atomic E-state index is 0.0476. The maximum atomic E-state index is 12.2. The molecule has 20 heavy (non-hydrogen) atoms. The molecule has 1 aromatic heterocycles. The van der Waals surface area contributed by atoms with Crippen LogP contribution in [0.5, 0.6) is 0 Å². The van der Waals surface area contributed by atoms with Gasteiger partial charge in [0.05, 0.1) is 4.88 Å². The molecule has 0 spiro atoms. The fourth-order valence-electron chi connectivity index (χ4n) is 2.99. The minimum atomic E-state index is 0.0476. The number of halogens is 1. The highest BCUT2D eigenvalue weighted by atomic mass is 35.5. The lowest BCUT2D eigenvalue weighted by Crippen LogP contribution is -2.30. The maximum Gasteiger partial charge on any atom is 0.261 e. The predicted molar refractivity (Wildman–Crippen MR) is 85.7 cm³/mol. The molecule has 1 heterocycles. The second kappa shape index (κ2) is 6.15. The molecule has 2 unspecified atom stereocenters. The molecule has 1 saturated carbocycles. The van der Waals surface area contributed by atoms with E-state index in [0.29, 0.717) is 17.7 Å². The summed E-state index contributed by atoms with van der Waals surface area (Å²) in [5, 5.41) is 4.22. The van der Waals surface area contributed by atoms with Gasteiger partial charge in [0.1, 0.15) is 0 Å². The van der Waals surface area contributed by atoms with Crippen LogP contribution in [0.3, 0.4) is 0 Å². The lowest BCUT2D eigenvalue weighted by molar-refractivity contribution is 0.0949. The zero-order valence-electron chi connectivity index (χ0n) is 11.3. The van der Waals surface area contributed by atoms with E-state index < -0.39 is 0 Å². The van der Waals surface area contributed by atoms with E-state index in [1.165, 1.54) is 19.3 Å². The van der Waals surface area contributed by atoms with Crippen LogP contribution in [0.15, 0.2) is 30.3 Å². The molecule has 0 radical (unpaired) electrons. The second-order valence-electron chi connectivity index (χ2n) is 5.46. The molecule has 3 rings (SSSR count). The van der Waals surface area contributed by atoms with Gasteiger partial charge in [-0.25, -0.2) is 0 Å². The van der Waals surface area contributed by atoms with Crippen molar-refractivity contribution in [1.29, 1.82) is 0 Å². The summed E-state index contributed by atoms with van der Waals surface area (Å²) in [4.78, 5) is 13.0. The van der Waals surface area contributed by atoms with Crippen molar-refractivity contribution in [3.8, 4) is 0 Å². The number of rotatable bonds is 4. The Labute approximate surface area is 128 Å². The van der Waals surface area contributed by atoms with Gasteiger partial charge in [-0.1, -0.05) is 24.6 Å². The van der Waals surface area contributed by atoms with Gasteiger partial charge in [-0.2, -0.15) is 0 Å². The van der Waals surface area contributed by atoms with Gasteiger partial charge in [0, 0.05) is 17.1 Å². The van der Waals surface area contributed by atoms with E-state index in [-0.39, 0.29) is 5.91 Å². The first kappa shape index (κ1) is 13.9. The molecule has 0 aliphatic heterocycles. The largest absolute Gasteiger partial charge is 0.351 e. The fraction of sp³-hybridized carbons (Fsp3) is 0.438. The Bertz CT molecular complexity index is 576. The molecule has 1 N–H and O–H groups in total. The van der Waals surface area contributed by atoms with Crippen LogP contribution in [0.1, 0.15) is 28.9 Å². The maximum absolute atomic E-state index is 12.2. The van der Waals surface area contributed by atoms with Crippen LogP contribution in [0.4, 0.5) is 0 Å². The molecular formula is C16H18ClNOS. The molecule has 1 aliphatic rings.